The Kier molecular flexibility index (Phi) is 4.55. The number of fused-ring (bicyclic) bond motifs is 9. The SMILES string of the molecule is C=C1c2ccc(-n3c4ccccc4c4cc5oc6ccccc6c5cc43)cc2-c2cccc[n+]2C1(CC)CC. The largest absolute Gasteiger partial charge is 0.456 e. The van der Waals surface area contributed by atoms with Crippen molar-refractivity contribution in [3.05, 3.63) is 115 Å². The first-order valence-electron chi connectivity index (χ1n) is 13.8. The molecule has 3 aromatic heterocycles. The Bertz CT molecular complexity index is 2120. The van der Waals surface area contributed by atoms with Crippen molar-refractivity contribution in [3.8, 4) is 16.9 Å². The van der Waals surface area contributed by atoms with Crippen molar-refractivity contribution in [1.82, 2.24) is 4.57 Å². The molecule has 0 bridgehead atoms. The van der Waals surface area contributed by atoms with Crippen LogP contribution in [0.3, 0.4) is 0 Å². The van der Waals surface area contributed by atoms with Gasteiger partial charge in [0.2, 0.25) is 5.69 Å². The van der Waals surface area contributed by atoms with Crippen molar-refractivity contribution in [3.63, 3.8) is 0 Å². The molecule has 39 heavy (non-hydrogen) atoms. The van der Waals surface area contributed by atoms with Crippen LogP contribution in [0.1, 0.15) is 32.3 Å². The smallest absolute Gasteiger partial charge is 0.213 e. The highest BCUT2D eigenvalue weighted by atomic mass is 16.3. The molecular formula is C36H29N2O+. The fraction of sp³-hybridized carbons (Fsp3) is 0.139. The fourth-order valence-electron chi connectivity index (χ4n) is 7.06. The molecule has 188 valence electrons. The summed E-state index contributed by atoms with van der Waals surface area (Å²) in [6.45, 7) is 9.21. The molecule has 0 fully saturated rings. The first kappa shape index (κ1) is 22.4. The Morgan fingerprint density at radius 2 is 1.46 bits per heavy atom. The third kappa shape index (κ3) is 2.85. The van der Waals surface area contributed by atoms with E-state index in [-0.39, 0.29) is 5.54 Å². The number of allylic oxidation sites excluding steroid dienone is 1. The van der Waals surface area contributed by atoms with Gasteiger partial charge in [0.05, 0.1) is 16.6 Å². The zero-order valence-electron chi connectivity index (χ0n) is 22.2. The van der Waals surface area contributed by atoms with Crippen molar-refractivity contribution in [2.75, 3.05) is 0 Å². The van der Waals surface area contributed by atoms with Crippen molar-refractivity contribution in [2.45, 2.75) is 32.2 Å². The van der Waals surface area contributed by atoms with Crippen molar-refractivity contribution < 1.29 is 8.98 Å². The van der Waals surface area contributed by atoms with Gasteiger partial charge in [0, 0.05) is 57.8 Å². The van der Waals surface area contributed by atoms with Crippen LogP contribution in [0, 0.1) is 0 Å². The topological polar surface area (TPSA) is 21.9 Å². The highest BCUT2D eigenvalue weighted by Crippen LogP contribution is 2.45. The summed E-state index contributed by atoms with van der Waals surface area (Å²) in [5.74, 6) is 0. The van der Waals surface area contributed by atoms with Gasteiger partial charge in [0.1, 0.15) is 11.2 Å². The zero-order chi connectivity index (χ0) is 26.3. The van der Waals surface area contributed by atoms with Crippen molar-refractivity contribution in [2.24, 2.45) is 0 Å². The lowest BCUT2D eigenvalue weighted by Gasteiger charge is -2.35. The van der Waals surface area contributed by atoms with Crippen molar-refractivity contribution in [1.29, 1.82) is 0 Å². The second-order valence-corrected chi connectivity index (χ2v) is 10.7. The summed E-state index contributed by atoms with van der Waals surface area (Å²) in [6, 6.07) is 34.9. The summed E-state index contributed by atoms with van der Waals surface area (Å²) in [4.78, 5) is 0. The summed E-state index contributed by atoms with van der Waals surface area (Å²) < 4.78 is 11.1. The van der Waals surface area contributed by atoms with Gasteiger partial charge in [0.25, 0.3) is 0 Å². The minimum Gasteiger partial charge on any atom is -0.456 e. The van der Waals surface area contributed by atoms with Gasteiger partial charge in [-0.3, -0.25) is 0 Å². The molecule has 1 aliphatic rings. The average Bonchev–Trinajstić information content (AvgIpc) is 3.51. The predicted octanol–water partition coefficient (Wildman–Crippen LogP) is 9.18. The van der Waals surface area contributed by atoms with Gasteiger partial charge in [-0.25, -0.2) is 0 Å². The van der Waals surface area contributed by atoms with E-state index < -0.39 is 0 Å². The maximum atomic E-state index is 6.27. The maximum Gasteiger partial charge on any atom is 0.213 e. The van der Waals surface area contributed by atoms with Crippen LogP contribution < -0.4 is 4.57 Å². The predicted molar refractivity (Wildman–Crippen MR) is 161 cm³/mol. The van der Waals surface area contributed by atoms with Gasteiger partial charge in [0.15, 0.2) is 11.7 Å². The summed E-state index contributed by atoms with van der Waals surface area (Å²) >= 11 is 0. The molecule has 0 unspecified atom stereocenters. The first-order chi connectivity index (χ1) is 19.1. The molecule has 0 atom stereocenters. The Morgan fingerprint density at radius 1 is 0.692 bits per heavy atom. The monoisotopic (exact) mass is 505 g/mol. The molecule has 0 spiro atoms. The van der Waals surface area contributed by atoms with E-state index in [2.05, 4.69) is 121 Å². The number of para-hydroxylation sites is 2. The molecule has 4 heterocycles. The third-order valence-electron chi connectivity index (χ3n) is 9.09. The average molecular weight is 506 g/mol. The van der Waals surface area contributed by atoms with Crippen LogP contribution >= 0.6 is 0 Å². The quantitative estimate of drug-likeness (QED) is 0.219. The van der Waals surface area contributed by atoms with E-state index in [1.54, 1.807) is 0 Å². The standard InChI is InChI=1S/C36H29N2O/c1-4-36(5-2)23(3)25-18-17-24(20-28(25)31-14-10-11-19-37(31)36)38-32-15-8-6-12-26(32)29-22-35-30(21-33(29)38)27-13-7-9-16-34(27)39-35/h6-22H,3-5H2,1-2H3/q+1. The molecule has 0 N–H and O–H groups in total. The van der Waals surface area contributed by atoms with E-state index in [1.807, 2.05) is 12.1 Å². The molecule has 0 amide bonds. The number of benzene rings is 4. The van der Waals surface area contributed by atoms with E-state index in [0.29, 0.717) is 0 Å². The van der Waals surface area contributed by atoms with Crippen molar-refractivity contribution >= 4 is 49.3 Å². The molecule has 3 nitrogen and oxygen atoms in total. The fourth-order valence-corrected chi connectivity index (χ4v) is 7.06. The Hall–Kier alpha value is -4.63. The number of hydrogen-bond acceptors (Lipinski definition) is 1. The van der Waals surface area contributed by atoms with E-state index in [0.717, 1.165) is 40.5 Å². The van der Waals surface area contributed by atoms with Gasteiger partial charge >= 0.3 is 0 Å². The van der Waals surface area contributed by atoms with Crippen LogP contribution in [-0.4, -0.2) is 4.57 Å². The number of hydrogen-bond donors (Lipinski definition) is 0. The van der Waals surface area contributed by atoms with Gasteiger partial charge < -0.3 is 8.98 Å². The summed E-state index contributed by atoms with van der Waals surface area (Å²) in [7, 11) is 0. The van der Waals surface area contributed by atoms with Gasteiger partial charge in [-0.05, 0) is 48.0 Å². The number of pyridine rings is 1. The minimum absolute atomic E-state index is 0.105. The second kappa shape index (κ2) is 7.94. The van der Waals surface area contributed by atoms with Crippen LogP contribution in [0.5, 0.6) is 0 Å². The first-order valence-corrected chi connectivity index (χ1v) is 13.8. The summed E-state index contributed by atoms with van der Waals surface area (Å²) in [5.41, 5.74) is 10.2. The maximum absolute atomic E-state index is 6.27. The zero-order valence-corrected chi connectivity index (χ0v) is 22.2. The molecule has 8 rings (SSSR count). The normalized spacial score (nSPS) is 14.4. The molecule has 7 aromatic rings. The van der Waals surface area contributed by atoms with E-state index in [4.69, 9.17) is 4.42 Å². The lowest BCUT2D eigenvalue weighted by Crippen LogP contribution is -2.59. The number of rotatable bonds is 3. The number of aromatic nitrogens is 2. The van der Waals surface area contributed by atoms with E-state index >= 15 is 0 Å². The Labute approximate surface area is 227 Å². The molecule has 3 heteroatoms. The van der Waals surface area contributed by atoms with Crippen LogP contribution in [0.2, 0.25) is 0 Å². The molecule has 0 radical (unpaired) electrons. The molecule has 0 aliphatic carbocycles. The second-order valence-electron chi connectivity index (χ2n) is 10.7. The highest BCUT2D eigenvalue weighted by Gasteiger charge is 2.46. The molecular weight excluding hydrogens is 476 g/mol. The molecule has 0 saturated carbocycles. The van der Waals surface area contributed by atoms with E-state index in [9.17, 15) is 0 Å². The molecule has 1 aliphatic heterocycles. The van der Waals surface area contributed by atoms with Crippen LogP contribution in [0.25, 0.3) is 66.3 Å². The van der Waals surface area contributed by atoms with Gasteiger partial charge in [-0.15, -0.1) is 0 Å². The summed E-state index contributed by atoms with van der Waals surface area (Å²) in [5, 5.41) is 4.71. The Balaban J connectivity index is 1.45. The number of furan rings is 1. The van der Waals surface area contributed by atoms with Crippen LogP contribution in [0.15, 0.2) is 114 Å². The van der Waals surface area contributed by atoms with Crippen LogP contribution in [-0.2, 0) is 5.54 Å². The molecule has 0 saturated heterocycles. The number of nitrogens with zero attached hydrogens (tertiary/aromatic N) is 2. The highest BCUT2D eigenvalue weighted by molar-refractivity contribution is 6.17. The third-order valence-corrected chi connectivity index (χ3v) is 9.09. The molecule has 4 aromatic carbocycles. The van der Waals surface area contributed by atoms with Crippen LogP contribution in [0.4, 0.5) is 0 Å². The summed E-state index contributed by atoms with van der Waals surface area (Å²) in [6.07, 6.45) is 4.24. The lowest BCUT2D eigenvalue weighted by atomic mass is 9.75. The Morgan fingerprint density at radius 3 is 2.31 bits per heavy atom. The van der Waals surface area contributed by atoms with Gasteiger partial charge in [-0.1, -0.05) is 62.9 Å². The van der Waals surface area contributed by atoms with E-state index in [1.165, 1.54) is 44.2 Å². The lowest BCUT2D eigenvalue weighted by molar-refractivity contribution is -0.741. The minimum atomic E-state index is -0.105. The van der Waals surface area contributed by atoms with Gasteiger partial charge in [-0.2, -0.15) is 4.57 Å².